The molecule has 2 aliphatic heterocycles. The van der Waals surface area contributed by atoms with Gasteiger partial charge in [0.1, 0.15) is 0 Å². The number of aliphatic hydroxyl groups excluding tert-OH is 4. The van der Waals surface area contributed by atoms with Crippen LogP contribution in [-0.2, 0) is 19.1 Å². The molecule has 0 amide bonds. The van der Waals surface area contributed by atoms with Gasteiger partial charge in [-0.05, 0) is 103 Å². The number of carbonyl (C=O) groups excluding carboxylic acids is 1. The third-order valence-electron chi connectivity index (χ3n) is 11.9. The first kappa shape index (κ1) is 44.4. The molecule has 9 nitrogen and oxygen atoms in total. The van der Waals surface area contributed by atoms with Gasteiger partial charge in [-0.1, -0.05) is 60.6 Å². The normalized spacial score (nSPS) is 30.7. The molecule has 0 aromatic carbocycles. The molecule has 2 saturated heterocycles. The van der Waals surface area contributed by atoms with Crippen molar-refractivity contribution < 1.29 is 44.6 Å². The Kier molecular flexibility index (Phi) is 17.7. The van der Waals surface area contributed by atoms with E-state index in [1.807, 2.05) is 40.7 Å². The molecule has 0 spiro atoms. The monoisotopic (exact) mass is 709 g/mol. The van der Waals surface area contributed by atoms with Crippen LogP contribution in [0.2, 0.25) is 0 Å². The second kappa shape index (κ2) is 19.9. The molecule has 50 heavy (non-hydrogen) atoms. The molecule has 0 aliphatic carbocycles. The van der Waals surface area contributed by atoms with E-state index in [9.17, 15) is 30.0 Å². The Morgan fingerprint density at radius 1 is 0.820 bits per heavy atom. The number of carbonyl (C=O) groups is 2. The summed E-state index contributed by atoms with van der Waals surface area (Å²) in [7, 11) is 0. The van der Waals surface area contributed by atoms with Crippen LogP contribution in [0, 0.1) is 41.4 Å². The van der Waals surface area contributed by atoms with E-state index in [0.29, 0.717) is 25.7 Å². The van der Waals surface area contributed by atoms with Gasteiger partial charge in [-0.2, -0.15) is 0 Å². The van der Waals surface area contributed by atoms with Crippen molar-refractivity contribution >= 4 is 11.8 Å². The van der Waals surface area contributed by atoms with E-state index in [1.54, 1.807) is 6.92 Å². The van der Waals surface area contributed by atoms with Crippen LogP contribution in [0.15, 0.2) is 24.0 Å². The van der Waals surface area contributed by atoms with Crippen LogP contribution in [-0.4, -0.2) is 79.0 Å². The predicted molar refractivity (Wildman–Crippen MR) is 198 cm³/mol. The van der Waals surface area contributed by atoms with Gasteiger partial charge >= 0.3 is 5.97 Å². The van der Waals surface area contributed by atoms with E-state index >= 15 is 0 Å². The third kappa shape index (κ3) is 13.6. The van der Waals surface area contributed by atoms with Crippen LogP contribution >= 0.6 is 0 Å². The van der Waals surface area contributed by atoms with Crippen LogP contribution in [0.5, 0.6) is 0 Å². The molecule has 14 unspecified atom stereocenters. The van der Waals surface area contributed by atoms with Crippen molar-refractivity contribution in [2.75, 3.05) is 0 Å². The zero-order chi connectivity index (χ0) is 38.0. The Morgan fingerprint density at radius 2 is 1.46 bits per heavy atom. The summed E-state index contributed by atoms with van der Waals surface area (Å²) in [4.78, 5) is 23.7. The molecule has 0 radical (unpaired) electrons. The molecule has 14 atom stereocenters. The standard InChI is InChI=1S/C41H72O9/c1-25(21-29(5)34(43)24-35(44)30(6)22-27(3)20-26(2)14-15-38(46)47)12-11-13-28(4)39(48)31(7)36(45)23-33-16-18-41(10,49-33)37-17-19-40(9,50-37)32(8)42/h11,13,24-33,36-37,39,42-43,45,48H,12,14-23H2,1-10H3,(H,46,47)/b13-11+,34-24?. The van der Waals surface area contributed by atoms with Gasteiger partial charge in [-0.3, -0.25) is 9.59 Å². The molecule has 2 heterocycles. The first-order chi connectivity index (χ1) is 23.2. The molecule has 2 rings (SSSR count). The van der Waals surface area contributed by atoms with Crippen molar-refractivity contribution in [3.05, 3.63) is 24.0 Å². The quantitative estimate of drug-likeness (QED) is 0.0431. The summed E-state index contributed by atoms with van der Waals surface area (Å²) >= 11 is 0. The van der Waals surface area contributed by atoms with Crippen LogP contribution in [0.4, 0.5) is 0 Å². The smallest absolute Gasteiger partial charge is 0.303 e. The number of ether oxygens (including phenoxy) is 2. The zero-order valence-corrected chi connectivity index (χ0v) is 32.8. The second-order valence-electron chi connectivity index (χ2n) is 17.1. The molecule has 0 aromatic heterocycles. The number of aliphatic carboxylic acids is 1. The molecular formula is C41H72O9. The third-order valence-corrected chi connectivity index (χ3v) is 11.9. The minimum atomic E-state index is -0.781. The van der Waals surface area contributed by atoms with Gasteiger partial charge in [-0.25, -0.2) is 0 Å². The minimum absolute atomic E-state index is 0.0809. The summed E-state index contributed by atoms with van der Waals surface area (Å²) in [5, 5.41) is 51.9. The summed E-state index contributed by atoms with van der Waals surface area (Å²) in [6.45, 7) is 19.7. The number of allylic oxidation sites excluding steroid dienone is 3. The molecule has 290 valence electrons. The van der Waals surface area contributed by atoms with Crippen molar-refractivity contribution in [3.63, 3.8) is 0 Å². The summed E-state index contributed by atoms with van der Waals surface area (Å²) in [5.74, 6) is -0.810. The Bertz CT molecular complexity index is 1120. The van der Waals surface area contributed by atoms with Gasteiger partial charge < -0.3 is 35.0 Å². The van der Waals surface area contributed by atoms with Gasteiger partial charge in [0.25, 0.3) is 0 Å². The summed E-state index contributed by atoms with van der Waals surface area (Å²) < 4.78 is 12.7. The fraction of sp³-hybridized carbons (Fsp3) is 0.854. The highest BCUT2D eigenvalue weighted by atomic mass is 16.6. The lowest BCUT2D eigenvalue weighted by atomic mass is 9.85. The maximum Gasteiger partial charge on any atom is 0.303 e. The van der Waals surface area contributed by atoms with Gasteiger partial charge in [0.2, 0.25) is 0 Å². The highest BCUT2D eigenvalue weighted by Crippen LogP contribution is 2.45. The van der Waals surface area contributed by atoms with Gasteiger partial charge in [-0.15, -0.1) is 0 Å². The number of carboxylic acid groups (broad SMARTS) is 1. The maximum absolute atomic E-state index is 12.8. The van der Waals surface area contributed by atoms with Crippen LogP contribution in [0.25, 0.3) is 0 Å². The molecular weight excluding hydrogens is 636 g/mol. The van der Waals surface area contributed by atoms with Crippen LogP contribution < -0.4 is 0 Å². The van der Waals surface area contributed by atoms with E-state index < -0.39 is 35.5 Å². The van der Waals surface area contributed by atoms with Gasteiger partial charge in [0, 0.05) is 36.2 Å². The van der Waals surface area contributed by atoms with E-state index in [0.717, 1.165) is 38.5 Å². The first-order valence-corrected chi connectivity index (χ1v) is 19.4. The van der Waals surface area contributed by atoms with Gasteiger partial charge in [0.05, 0.1) is 47.5 Å². The van der Waals surface area contributed by atoms with Crippen molar-refractivity contribution in [2.45, 2.75) is 182 Å². The van der Waals surface area contributed by atoms with E-state index in [4.69, 9.17) is 14.6 Å². The lowest BCUT2D eigenvalue weighted by Gasteiger charge is -2.35. The summed E-state index contributed by atoms with van der Waals surface area (Å²) in [5.41, 5.74) is -1.01. The fourth-order valence-corrected chi connectivity index (χ4v) is 8.02. The van der Waals surface area contributed by atoms with E-state index in [-0.39, 0.29) is 71.6 Å². The highest BCUT2D eigenvalue weighted by molar-refractivity contribution is 5.91. The van der Waals surface area contributed by atoms with Crippen molar-refractivity contribution in [1.29, 1.82) is 0 Å². The molecule has 0 aromatic rings. The summed E-state index contributed by atoms with van der Waals surface area (Å²) in [6.07, 6.45) is 10.8. The number of hydrogen-bond donors (Lipinski definition) is 5. The van der Waals surface area contributed by atoms with E-state index in [1.165, 1.54) is 6.08 Å². The van der Waals surface area contributed by atoms with Crippen molar-refractivity contribution in [1.82, 2.24) is 0 Å². The SMILES string of the molecule is CC(CCC(=O)O)CC(C)CC(C)C(=O)C=C(O)C(C)CC(C)C/C=C/C(C)C(O)C(C)C(O)CC1CCC(C)(C2CCC(C)(C(C)O)O2)O1. The Morgan fingerprint density at radius 3 is 2.06 bits per heavy atom. The van der Waals surface area contributed by atoms with Crippen LogP contribution in [0.1, 0.15) is 140 Å². The maximum atomic E-state index is 12.8. The number of aliphatic hydroxyl groups is 4. The molecule has 2 fully saturated rings. The number of rotatable bonds is 22. The fourth-order valence-electron chi connectivity index (χ4n) is 8.02. The van der Waals surface area contributed by atoms with E-state index in [2.05, 4.69) is 33.8 Å². The van der Waals surface area contributed by atoms with Crippen LogP contribution in [0.3, 0.4) is 0 Å². The first-order valence-electron chi connectivity index (χ1n) is 19.4. The number of carboxylic acids is 1. The highest BCUT2D eigenvalue weighted by Gasteiger charge is 2.51. The molecule has 2 aliphatic rings. The lowest BCUT2D eigenvalue weighted by Crippen LogP contribution is -2.44. The predicted octanol–water partition coefficient (Wildman–Crippen LogP) is 7.80. The largest absolute Gasteiger partial charge is 0.512 e. The molecule has 9 heteroatoms. The summed E-state index contributed by atoms with van der Waals surface area (Å²) in [6, 6.07) is 0. The molecule has 0 saturated carbocycles. The second-order valence-corrected chi connectivity index (χ2v) is 17.1. The molecule has 0 bridgehead atoms. The topological polar surface area (TPSA) is 154 Å². The van der Waals surface area contributed by atoms with Crippen molar-refractivity contribution in [2.24, 2.45) is 41.4 Å². The zero-order valence-electron chi connectivity index (χ0n) is 32.8. The average Bonchev–Trinajstić information content (AvgIpc) is 3.63. The number of ketones is 1. The lowest BCUT2D eigenvalue weighted by molar-refractivity contribution is -0.172. The minimum Gasteiger partial charge on any atom is -0.512 e. The van der Waals surface area contributed by atoms with Gasteiger partial charge in [0.15, 0.2) is 5.78 Å². The average molecular weight is 709 g/mol. The Balaban J connectivity index is 1.77. The van der Waals surface area contributed by atoms with Crippen molar-refractivity contribution in [3.8, 4) is 0 Å². The Hall–Kier alpha value is -1.78. The molecule has 5 N–H and O–H groups in total. The Labute approximate surface area is 302 Å². The number of hydrogen-bond acceptors (Lipinski definition) is 8.